The highest BCUT2D eigenvalue weighted by molar-refractivity contribution is 6.30. The number of benzene rings is 2. The van der Waals surface area contributed by atoms with Crippen molar-refractivity contribution in [3.8, 4) is 5.75 Å². The van der Waals surface area contributed by atoms with Crippen LogP contribution in [0.4, 0.5) is 5.69 Å². The highest BCUT2D eigenvalue weighted by Gasteiger charge is 2.06. The minimum absolute atomic E-state index is 0.0302. The average molecular weight is 347 g/mol. The minimum Gasteiger partial charge on any atom is -0.492 e. The van der Waals surface area contributed by atoms with Crippen LogP contribution in [0.5, 0.6) is 5.75 Å². The summed E-state index contributed by atoms with van der Waals surface area (Å²) in [4.78, 5) is 12.0. The molecule has 0 heterocycles. The lowest BCUT2D eigenvalue weighted by Gasteiger charge is -2.11. The Balaban J connectivity index is 1.68. The lowest BCUT2D eigenvalue weighted by atomic mass is 10.1. The third-order valence-electron chi connectivity index (χ3n) is 3.47. The van der Waals surface area contributed by atoms with Crippen molar-refractivity contribution in [2.75, 3.05) is 25.0 Å². The van der Waals surface area contributed by atoms with Crippen LogP contribution in [0, 0.1) is 0 Å². The summed E-state index contributed by atoms with van der Waals surface area (Å²) in [6.07, 6.45) is 1.30. The minimum atomic E-state index is -0.0302. The number of rotatable bonds is 9. The van der Waals surface area contributed by atoms with Gasteiger partial charge in [0, 0.05) is 18.0 Å². The van der Waals surface area contributed by atoms with Crippen molar-refractivity contribution < 1.29 is 9.53 Å². The number of ether oxygens (including phenoxy) is 1. The lowest BCUT2D eigenvalue weighted by molar-refractivity contribution is -0.116. The summed E-state index contributed by atoms with van der Waals surface area (Å²) in [6, 6.07) is 15.3. The monoisotopic (exact) mass is 346 g/mol. The molecule has 0 aliphatic heterocycles. The van der Waals surface area contributed by atoms with Gasteiger partial charge in [-0.3, -0.25) is 4.79 Å². The first-order valence-corrected chi connectivity index (χ1v) is 8.53. The van der Waals surface area contributed by atoms with E-state index in [4.69, 9.17) is 16.3 Å². The number of hydrogen-bond acceptors (Lipinski definition) is 3. The van der Waals surface area contributed by atoms with E-state index in [9.17, 15) is 4.79 Å². The number of anilines is 1. The van der Waals surface area contributed by atoms with Gasteiger partial charge in [0.25, 0.3) is 0 Å². The molecule has 0 saturated heterocycles. The number of halogens is 1. The molecule has 0 saturated carbocycles. The zero-order valence-electron chi connectivity index (χ0n) is 13.8. The largest absolute Gasteiger partial charge is 0.492 e. The van der Waals surface area contributed by atoms with E-state index in [1.807, 2.05) is 55.5 Å². The van der Waals surface area contributed by atoms with Crippen molar-refractivity contribution >= 4 is 23.2 Å². The maximum atomic E-state index is 12.0. The zero-order chi connectivity index (χ0) is 17.2. The maximum absolute atomic E-state index is 12.0. The van der Waals surface area contributed by atoms with Crippen LogP contribution in [-0.4, -0.2) is 25.6 Å². The zero-order valence-corrected chi connectivity index (χ0v) is 14.6. The summed E-state index contributed by atoms with van der Waals surface area (Å²) < 4.78 is 5.50. The van der Waals surface area contributed by atoms with Gasteiger partial charge in [0.05, 0.1) is 12.3 Å². The molecule has 24 heavy (non-hydrogen) atoms. The topological polar surface area (TPSA) is 50.4 Å². The first-order valence-electron chi connectivity index (χ1n) is 8.16. The Labute approximate surface area is 148 Å². The fraction of sp³-hybridized carbons (Fsp3) is 0.316. The SMILES string of the molecule is CCOc1ccccc1NC(=O)CCNCCc1cccc(Cl)c1. The van der Waals surface area contributed by atoms with Gasteiger partial charge >= 0.3 is 0 Å². The normalized spacial score (nSPS) is 10.4. The molecule has 0 aliphatic carbocycles. The molecule has 0 radical (unpaired) electrons. The van der Waals surface area contributed by atoms with E-state index in [1.165, 1.54) is 5.56 Å². The Hall–Kier alpha value is -2.04. The van der Waals surface area contributed by atoms with Gasteiger partial charge in [-0.2, -0.15) is 0 Å². The highest BCUT2D eigenvalue weighted by atomic mass is 35.5. The number of amides is 1. The Morgan fingerprint density at radius 1 is 1.12 bits per heavy atom. The molecule has 2 N–H and O–H groups in total. The number of para-hydroxylation sites is 2. The van der Waals surface area contributed by atoms with Crippen molar-refractivity contribution in [2.24, 2.45) is 0 Å². The van der Waals surface area contributed by atoms with Crippen LogP contribution in [0.2, 0.25) is 5.02 Å². The molecule has 0 fully saturated rings. The summed E-state index contributed by atoms with van der Waals surface area (Å²) in [5.74, 6) is 0.666. The Morgan fingerprint density at radius 3 is 2.75 bits per heavy atom. The Kier molecular flexibility index (Phi) is 7.59. The quantitative estimate of drug-likeness (QED) is 0.677. The van der Waals surface area contributed by atoms with Crippen LogP contribution in [0.1, 0.15) is 18.9 Å². The van der Waals surface area contributed by atoms with E-state index in [1.54, 1.807) is 0 Å². The van der Waals surface area contributed by atoms with Gasteiger partial charge < -0.3 is 15.4 Å². The van der Waals surface area contributed by atoms with Gasteiger partial charge in [-0.1, -0.05) is 35.9 Å². The number of nitrogens with one attached hydrogen (secondary N) is 2. The highest BCUT2D eigenvalue weighted by Crippen LogP contribution is 2.23. The number of carbonyl (C=O) groups excluding carboxylic acids is 1. The fourth-order valence-electron chi connectivity index (χ4n) is 2.32. The van der Waals surface area contributed by atoms with Crippen LogP contribution in [-0.2, 0) is 11.2 Å². The molecule has 0 aromatic heterocycles. The van der Waals surface area contributed by atoms with Crippen LogP contribution in [0.25, 0.3) is 0 Å². The lowest BCUT2D eigenvalue weighted by Crippen LogP contribution is -2.23. The number of carbonyl (C=O) groups is 1. The van der Waals surface area contributed by atoms with Crippen molar-refractivity contribution in [3.63, 3.8) is 0 Å². The van der Waals surface area contributed by atoms with Gasteiger partial charge in [0.15, 0.2) is 0 Å². The van der Waals surface area contributed by atoms with Gasteiger partial charge in [-0.15, -0.1) is 0 Å². The van der Waals surface area contributed by atoms with E-state index in [0.717, 1.165) is 18.0 Å². The molecule has 0 unspecified atom stereocenters. The molecular weight excluding hydrogens is 324 g/mol. The van der Waals surface area contributed by atoms with Gasteiger partial charge in [0.1, 0.15) is 5.75 Å². The van der Waals surface area contributed by atoms with E-state index in [2.05, 4.69) is 10.6 Å². The summed E-state index contributed by atoms with van der Waals surface area (Å²) in [7, 11) is 0. The molecule has 0 bridgehead atoms. The summed E-state index contributed by atoms with van der Waals surface area (Å²) in [5, 5.41) is 6.91. The second kappa shape index (κ2) is 9.96. The molecule has 128 valence electrons. The average Bonchev–Trinajstić information content (AvgIpc) is 2.57. The second-order valence-corrected chi connectivity index (χ2v) is 5.79. The first-order chi connectivity index (χ1) is 11.7. The van der Waals surface area contributed by atoms with Crippen LogP contribution in [0.15, 0.2) is 48.5 Å². The molecule has 2 aromatic carbocycles. The Morgan fingerprint density at radius 2 is 1.96 bits per heavy atom. The smallest absolute Gasteiger partial charge is 0.225 e. The van der Waals surface area contributed by atoms with Crippen molar-refractivity contribution in [1.29, 1.82) is 0 Å². The van der Waals surface area contributed by atoms with E-state index in [-0.39, 0.29) is 5.91 Å². The van der Waals surface area contributed by atoms with Gasteiger partial charge in [-0.25, -0.2) is 0 Å². The summed E-state index contributed by atoms with van der Waals surface area (Å²) in [5.41, 5.74) is 1.90. The number of hydrogen-bond donors (Lipinski definition) is 2. The molecule has 0 atom stereocenters. The predicted molar refractivity (Wildman–Crippen MR) is 98.9 cm³/mol. The fourth-order valence-corrected chi connectivity index (χ4v) is 2.53. The van der Waals surface area contributed by atoms with E-state index >= 15 is 0 Å². The van der Waals surface area contributed by atoms with Gasteiger partial charge in [0.2, 0.25) is 5.91 Å². The van der Waals surface area contributed by atoms with Gasteiger partial charge in [-0.05, 0) is 49.7 Å². The molecule has 4 nitrogen and oxygen atoms in total. The molecular formula is C19H23ClN2O2. The summed E-state index contributed by atoms with van der Waals surface area (Å²) in [6.45, 7) is 3.92. The molecule has 1 amide bonds. The maximum Gasteiger partial charge on any atom is 0.225 e. The predicted octanol–water partition coefficient (Wildman–Crippen LogP) is 3.90. The molecule has 0 aliphatic rings. The molecule has 2 rings (SSSR count). The van der Waals surface area contributed by atoms with Crippen molar-refractivity contribution in [1.82, 2.24) is 5.32 Å². The second-order valence-electron chi connectivity index (χ2n) is 5.36. The molecule has 0 spiro atoms. The third kappa shape index (κ3) is 6.22. The Bertz CT molecular complexity index is 661. The first kappa shape index (κ1) is 18.3. The van der Waals surface area contributed by atoms with Crippen LogP contribution in [0.3, 0.4) is 0 Å². The van der Waals surface area contributed by atoms with E-state index < -0.39 is 0 Å². The summed E-state index contributed by atoms with van der Waals surface area (Å²) >= 11 is 5.96. The third-order valence-corrected chi connectivity index (χ3v) is 3.70. The van der Waals surface area contributed by atoms with Crippen molar-refractivity contribution in [2.45, 2.75) is 19.8 Å². The van der Waals surface area contributed by atoms with E-state index in [0.29, 0.717) is 31.0 Å². The van der Waals surface area contributed by atoms with Crippen molar-refractivity contribution in [3.05, 3.63) is 59.1 Å². The molecule has 2 aromatic rings. The van der Waals surface area contributed by atoms with Crippen LogP contribution >= 0.6 is 11.6 Å². The molecule has 5 heteroatoms. The standard InChI is InChI=1S/C19H23ClN2O2/c1-2-24-18-9-4-3-8-17(18)22-19(23)11-13-21-12-10-15-6-5-7-16(20)14-15/h3-9,14,21H,2,10-13H2,1H3,(H,22,23). The van der Waals surface area contributed by atoms with Crippen LogP contribution < -0.4 is 15.4 Å².